The smallest absolute Gasteiger partial charge is 0.226 e. The van der Waals surface area contributed by atoms with Crippen molar-refractivity contribution < 1.29 is 13.2 Å². The van der Waals surface area contributed by atoms with Gasteiger partial charge in [-0.2, -0.15) is 0 Å². The van der Waals surface area contributed by atoms with Crippen LogP contribution in [-0.4, -0.2) is 55.0 Å². The van der Waals surface area contributed by atoms with Crippen LogP contribution in [-0.2, 0) is 14.8 Å². The lowest BCUT2D eigenvalue weighted by Gasteiger charge is -2.35. The molecule has 122 valence electrons. The van der Waals surface area contributed by atoms with Gasteiger partial charge in [0, 0.05) is 31.6 Å². The van der Waals surface area contributed by atoms with E-state index in [-0.39, 0.29) is 17.6 Å². The quantitative estimate of drug-likeness (QED) is 0.793. The number of rotatable bonds is 4. The fourth-order valence-corrected chi connectivity index (χ4v) is 4.69. The number of sulfonamides is 1. The van der Waals surface area contributed by atoms with Gasteiger partial charge in [0.2, 0.25) is 15.9 Å². The normalized spacial score (nSPS) is 25.7. The highest BCUT2D eigenvalue weighted by Crippen LogP contribution is 2.29. The summed E-state index contributed by atoms with van der Waals surface area (Å²) in [5.74, 6) is 0.900. The van der Waals surface area contributed by atoms with Crippen molar-refractivity contribution in [3.8, 4) is 0 Å². The first kappa shape index (κ1) is 16.7. The van der Waals surface area contributed by atoms with E-state index < -0.39 is 10.0 Å². The van der Waals surface area contributed by atoms with Gasteiger partial charge in [0.1, 0.15) is 0 Å². The second-order valence-corrected chi connectivity index (χ2v) is 8.82. The molecule has 2 saturated heterocycles. The van der Waals surface area contributed by atoms with Gasteiger partial charge in [-0.1, -0.05) is 13.8 Å². The van der Waals surface area contributed by atoms with Gasteiger partial charge < -0.3 is 4.90 Å². The van der Waals surface area contributed by atoms with E-state index in [0.717, 1.165) is 19.4 Å². The molecule has 1 amide bonds. The van der Waals surface area contributed by atoms with Gasteiger partial charge in [-0.15, -0.1) is 0 Å². The molecule has 2 rings (SSSR count). The van der Waals surface area contributed by atoms with E-state index in [1.807, 2.05) is 0 Å². The van der Waals surface area contributed by atoms with Crippen LogP contribution >= 0.6 is 0 Å². The molecule has 6 heteroatoms. The maximum Gasteiger partial charge on any atom is 0.226 e. The molecule has 0 aromatic carbocycles. The summed E-state index contributed by atoms with van der Waals surface area (Å²) in [6.07, 6.45) is 3.53. The predicted molar refractivity (Wildman–Crippen MR) is 83.3 cm³/mol. The van der Waals surface area contributed by atoms with Crippen LogP contribution in [0.1, 0.15) is 46.5 Å². The van der Waals surface area contributed by atoms with Crippen LogP contribution in [0.3, 0.4) is 0 Å². The van der Waals surface area contributed by atoms with Crippen molar-refractivity contribution in [2.75, 3.05) is 25.4 Å². The monoisotopic (exact) mass is 316 g/mol. The lowest BCUT2D eigenvalue weighted by Crippen LogP contribution is -2.47. The van der Waals surface area contributed by atoms with E-state index in [1.54, 1.807) is 11.2 Å². The van der Waals surface area contributed by atoms with Crippen LogP contribution in [0.15, 0.2) is 0 Å². The average Bonchev–Trinajstić information content (AvgIpc) is 2.96. The Morgan fingerprint density at radius 1 is 1.14 bits per heavy atom. The molecule has 1 atom stereocenters. The minimum Gasteiger partial charge on any atom is -0.339 e. The average molecular weight is 316 g/mol. The Labute approximate surface area is 128 Å². The number of carbonyl (C=O) groups excluding carboxylic acids is 1. The molecule has 1 unspecified atom stereocenters. The molecule has 0 aliphatic carbocycles. The third-order valence-corrected chi connectivity index (χ3v) is 6.79. The van der Waals surface area contributed by atoms with Gasteiger partial charge in [0.25, 0.3) is 0 Å². The zero-order valence-corrected chi connectivity index (χ0v) is 14.2. The molecule has 0 spiro atoms. The van der Waals surface area contributed by atoms with E-state index >= 15 is 0 Å². The van der Waals surface area contributed by atoms with E-state index in [4.69, 9.17) is 0 Å². The van der Waals surface area contributed by atoms with Gasteiger partial charge in [-0.05, 0) is 38.5 Å². The van der Waals surface area contributed by atoms with Crippen LogP contribution < -0.4 is 0 Å². The van der Waals surface area contributed by atoms with E-state index in [1.165, 1.54) is 0 Å². The summed E-state index contributed by atoms with van der Waals surface area (Å²) in [6.45, 7) is 7.87. The molecule has 2 fully saturated rings. The highest BCUT2D eigenvalue weighted by atomic mass is 32.2. The topological polar surface area (TPSA) is 57.7 Å². The van der Waals surface area contributed by atoms with Crippen molar-refractivity contribution in [1.82, 2.24) is 9.21 Å². The Hall–Kier alpha value is -0.620. The SMILES string of the molecule is CCS(=O)(=O)N1CCC(C(=O)N2CCCC2C(C)C)CC1. The fraction of sp³-hybridized carbons (Fsp3) is 0.933. The number of nitrogens with zero attached hydrogens (tertiary/aromatic N) is 2. The molecule has 5 nitrogen and oxygen atoms in total. The van der Waals surface area contributed by atoms with Crippen molar-refractivity contribution >= 4 is 15.9 Å². The summed E-state index contributed by atoms with van der Waals surface area (Å²) in [6, 6.07) is 0.370. The van der Waals surface area contributed by atoms with Crippen LogP contribution in [0, 0.1) is 11.8 Å². The number of piperidine rings is 1. The van der Waals surface area contributed by atoms with Crippen LogP contribution in [0.4, 0.5) is 0 Å². The largest absolute Gasteiger partial charge is 0.339 e. The molecule has 21 heavy (non-hydrogen) atoms. The maximum absolute atomic E-state index is 12.7. The highest BCUT2D eigenvalue weighted by molar-refractivity contribution is 7.89. The second kappa shape index (κ2) is 6.65. The molecule has 0 saturated carbocycles. The summed E-state index contributed by atoms with van der Waals surface area (Å²) >= 11 is 0. The summed E-state index contributed by atoms with van der Waals surface area (Å²) in [7, 11) is -3.11. The molecular formula is C15H28N2O3S. The lowest BCUT2D eigenvalue weighted by molar-refractivity contribution is -0.138. The molecule has 0 aromatic heterocycles. The highest BCUT2D eigenvalue weighted by Gasteiger charge is 2.37. The summed E-state index contributed by atoms with van der Waals surface area (Å²) in [5.41, 5.74) is 0. The number of likely N-dealkylation sites (tertiary alicyclic amines) is 1. The zero-order valence-electron chi connectivity index (χ0n) is 13.4. The second-order valence-electron chi connectivity index (χ2n) is 6.56. The first-order valence-corrected chi connectivity index (χ1v) is 9.76. The van der Waals surface area contributed by atoms with Crippen molar-refractivity contribution in [1.29, 1.82) is 0 Å². The molecule has 0 bridgehead atoms. The van der Waals surface area contributed by atoms with Crippen LogP contribution in [0.2, 0.25) is 0 Å². The number of amides is 1. The standard InChI is InChI=1S/C15H28N2O3S/c1-4-21(19,20)16-10-7-13(8-11-16)15(18)17-9-5-6-14(17)12(2)3/h12-14H,4-11H2,1-3H3. The van der Waals surface area contributed by atoms with E-state index in [2.05, 4.69) is 18.7 Å². The molecule has 2 aliphatic rings. The van der Waals surface area contributed by atoms with Crippen molar-refractivity contribution in [3.63, 3.8) is 0 Å². The van der Waals surface area contributed by atoms with Crippen molar-refractivity contribution in [2.24, 2.45) is 11.8 Å². The third-order valence-electron chi connectivity index (χ3n) is 4.91. The van der Waals surface area contributed by atoms with Crippen molar-refractivity contribution in [2.45, 2.75) is 52.5 Å². The summed E-state index contributed by atoms with van der Waals surface area (Å²) < 4.78 is 25.3. The van der Waals surface area contributed by atoms with Gasteiger partial charge in [0.05, 0.1) is 5.75 Å². The molecule has 0 N–H and O–H groups in total. The molecule has 0 radical (unpaired) electrons. The zero-order chi connectivity index (χ0) is 15.6. The predicted octanol–water partition coefficient (Wildman–Crippen LogP) is 1.70. The van der Waals surface area contributed by atoms with Crippen LogP contribution in [0.25, 0.3) is 0 Å². The number of carbonyl (C=O) groups is 1. The summed E-state index contributed by atoms with van der Waals surface area (Å²) in [4.78, 5) is 14.8. The van der Waals surface area contributed by atoms with Crippen LogP contribution in [0.5, 0.6) is 0 Å². The van der Waals surface area contributed by atoms with Gasteiger partial charge in [-0.3, -0.25) is 4.79 Å². The summed E-state index contributed by atoms with van der Waals surface area (Å²) in [5, 5.41) is 0. The Balaban J connectivity index is 1.94. The first-order chi connectivity index (χ1) is 9.86. The Kier molecular flexibility index (Phi) is 5.30. The third kappa shape index (κ3) is 3.59. The molecule has 0 aromatic rings. The fourth-order valence-electron chi connectivity index (χ4n) is 3.56. The number of hydrogen-bond acceptors (Lipinski definition) is 3. The minimum atomic E-state index is -3.11. The minimum absolute atomic E-state index is 0.00709. The molecule has 2 aliphatic heterocycles. The Bertz CT molecular complexity index is 467. The Morgan fingerprint density at radius 2 is 1.76 bits per heavy atom. The lowest BCUT2D eigenvalue weighted by atomic mass is 9.94. The van der Waals surface area contributed by atoms with Gasteiger partial charge >= 0.3 is 0 Å². The van der Waals surface area contributed by atoms with Gasteiger partial charge in [-0.25, -0.2) is 12.7 Å². The van der Waals surface area contributed by atoms with E-state index in [0.29, 0.717) is 37.9 Å². The molecular weight excluding hydrogens is 288 g/mol. The van der Waals surface area contributed by atoms with E-state index in [9.17, 15) is 13.2 Å². The maximum atomic E-state index is 12.7. The Morgan fingerprint density at radius 3 is 2.29 bits per heavy atom. The van der Waals surface area contributed by atoms with Crippen molar-refractivity contribution in [3.05, 3.63) is 0 Å². The van der Waals surface area contributed by atoms with Gasteiger partial charge in [0.15, 0.2) is 0 Å². The first-order valence-electron chi connectivity index (χ1n) is 8.15. The molecule has 2 heterocycles. The number of hydrogen-bond donors (Lipinski definition) is 0.